The van der Waals surface area contributed by atoms with E-state index in [9.17, 15) is 14.4 Å². The average molecular weight is 457 g/mol. The second-order valence-electron chi connectivity index (χ2n) is 8.09. The molecule has 0 bridgehead atoms. The van der Waals surface area contributed by atoms with Crippen LogP contribution in [0.1, 0.15) is 34.1 Å². The second kappa shape index (κ2) is 10.7. The van der Waals surface area contributed by atoms with Crippen LogP contribution in [-0.2, 0) is 4.79 Å². The van der Waals surface area contributed by atoms with Crippen LogP contribution >= 0.6 is 0 Å². The lowest BCUT2D eigenvalue weighted by Gasteiger charge is -2.36. The van der Waals surface area contributed by atoms with Gasteiger partial charge in [-0.25, -0.2) is 0 Å². The van der Waals surface area contributed by atoms with Gasteiger partial charge in [-0.1, -0.05) is 37.3 Å². The first-order chi connectivity index (χ1) is 16.5. The maximum atomic E-state index is 13.3. The van der Waals surface area contributed by atoms with Gasteiger partial charge in [0.05, 0.1) is 11.3 Å². The summed E-state index contributed by atoms with van der Waals surface area (Å²) in [4.78, 5) is 41.7. The van der Waals surface area contributed by atoms with Gasteiger partial charge in [0.15, 0.2) is 0 Å². The fraction of sp³-hybridized carbons (Fsp3) is 0.222. The summed E-state index contributed by atoms with van der Waals surface area (Å²) in [5.41, 5.74) is 3.17. The molecule has 0 aromatic heterocycles. The van der Waals surface area contributed by atoms with Crippen LogP contribution in [0, 0.1) is 0 Å². The molecular formula is C27H28N4O3. The minimum Gasteiger partial charge on any atom is -0.368 e. The third-order valence-corrected chi connectivity index (χ3v) is 5.85. The zero-order chi connectivity index (χ0) is 23.9. The van der Waals surface area contributed by atoms with Crippen LogP contribution < -0.4 is 15.5 Å². The summed E-state index contributed by atoms with van der Waals surface area (Å²) in [6.07, 6.45) is 0.383. The quantitative estimate of drug-likeness (QED) is 0.581. The third kappa shape index (κ3) is 5.43. The molecule has 1 aliphatic heterocycles. The van der Waals surface area contributed by atoms with Crippen LogP contribution in [0.2, 0.25) is 0 Å². The first-order valence-corrected chi connectivity index (χ1v) is 11.4. The lowest BCUT2D eigenvalue weighted by atomic mass is 10.1. The summed E-state index contributed by atoms with van der Waals surface area (Å²) in [7, 11) is 0. The van der Waals surface area contributed by atoms with Gasteiger partial charge in [0, 0.05) is 49.5 Å². The minimum absolute atomic E-state index is 0.0887. The SMILES string of the molecule is CCC(=O)Nc1ccc(C(=O)Nc2ccccc2C(=O)N2CCN(c3ccccc3)CC2)cc1. The zero-order valence-electron chi connectivity index (χ0n) is 19.2. The molecule has 7 heteroatoms. The van der Waals surface area contributed by atoms with Gasteiger partial charge in [0.2, 0.25) is 5.91 Å². The molecular weight excluding hydrogens is 428 g/mol. The van der Waals surface area contributed by atoms with E-state index in [1.54, 1.807) is 55.5 Å². The highest BCUT2D eigenvalue weighted by molar-refractivity contribution is 6.09. The molecule has 0 unspecified atom stereocenters. The number of para-hydroxylation sites is 2. The molecule has 174 valence electrons. The molecule has 0 aliphatic carbocycles. The summed E-state index contributed by atoms with van der Waals surface area (Å²) in [5.74, 6) is -0.502. The highest BCUT2D eigenvalue weighted by atomic mass is 16.2. The number of hydrogen-bond acceptors (Lipinski definition) is 4. The maximum absolute atomic E-state index is 13.3. The molecule has 0 radical (unpaired) electrons. The fourth-order valence-electron chi connectivity index (χ4n) is 3.90. The molecule has 1 aliphatic rings. The topological polar surface area (TPSA) is 81.8 Å². The van der Waals surface area contributed by atoms with Gasteiger partial charge in [-0.15, -0.1) is 0 Å². The van der Waals surface area contributed by atoms with Crippen LogP contribution in [0.4, 0.5) is 17.1 Å². The zero-order valence-corrected chi connectivity index (χ0v) is 19.2. The van der Waals surface area contributed by atoms with Gasteiger partial charge in [0.1, 0.15) is 0 Å². The van der Waals surface area contributed by atoms with Crippen LogP contribution in [0.5, 0.6) is 0 Å². The van der Waals surface area contributed by atoms with Crippen LogP contribution in [0.3, 0.4) is 0 Å². The predicted octanol–water partition coefficient (Wildman–Crippen LogP) is 4.25. The monoisotopic (exact) mass is 456 g/mol. The van der Waals surface area contributed by atoms with E-state index < -0.39 is 0 Å². The van der Waals surface area contributed by atoms with Gasteiger partial charge < -0.3 is 20.4 Å². The molecule has 3 aromatic rings. The summed E-state index contributed by atoms with van der Waals surface area (Å²) in [5, 5.41) is 5.63. The van der Waals surface area contributed by atoms with Crippen LogP contribution in [0.25, 0.3) is 0 Å². The molecule has 0 atom stereocenters. The molecule has 1 fully saturated rings. The molecule has 0 spiro atoms. The Balaban J connectivity index is 1.41. The number of amides is 3. The van der Waals surface area contributed by atoms with Crippen molar-refractivity contribution in [1.82, 2.24) is 4.90 Å². The summed E-state index contributed by atoms with van der Waals surface area (Å²) in [6.45, 7) is 4.51. The Kier molecular flexibility index (Phi) is 7.22. The van der Waals surface area contributed by atoms with Gasteiger partial charge in [-0.3, -0.25) is 14.4 Å². The van der Waals surface area contributed by atoms with Gasteiger partial charge in [-0.05, 0) is 48.5 Å². The van der Waals surface area contributed by atoms with Crippen molar-refractivity contribution in [3.63, 3.8) is 0 Å². The van der Waals surface area contributed by atoms with Crippen molar-refractivity contribution in [3.8, 4) is 0 Å². The number of carbonyl (C=O) groups excluding carboxylic acids is 3. The molecule has 1 heterocycles. The molecule has 1 saturated heterocycles. The number of rotatable bonds is 6. The van der Waals surface area contributed by atoms with Gasteiger partial charge in [-0.2, -0.15) is 0 Å². The molecule has 3 aromatic carbocycles. The third-order valence-electron chi connectivity index (χ3n) is 5.85. The van der Waals surface area contributed by atoms with Crippen LogP contribution in [-0.4, -0.2) is 48.8 Å². The standard InChI is InChI=1S/C27H28N4O3/c1-2-25(32)28-21-14-12-20(13-15-21)26(33)29-24-11-7-6-10-23(24)27(34)31-18-16-30(17-19-31)22-8-4-3-5-9-22/h3-15H,2,16-19H2,1H3,(H,28,32)(H,29,33). The van der Waals surface area contributed by atoms with E-state index in [2.05, 4.69) is 27.7 Å². The van der Waals surface area contributed by atoms with Gasteiger partial charge >= 0.3 is 0 Å². The van der Waals surface area contributed by atoms with Crippen molar-refractivity contribution in [2.75, 3.05) is 41.7 Å². The Morgan fingerprint density at radius 1 is 0.765 bits per heavy atom. The van der Waals surface area contributed by atoms with E-state index in [0.717, 1.165) is 18.8 Å². The van der Waals surface area contributed by atoms with E-state index in [4.69, 9.17) is 0 Å². The van der Waals surface area contributed by atoms with Crippen molar-refractivity contribution >= 4 is 34.8 Å². The number of anilines is 3. The number of hydrogen-bond donors (Lipinski definition) is 2. The number of nitrogens with zero attached hydrogens (tertiary/aromatic N) is 2. The summed E-state index contributed by atoms with van der Waals surface area (Å²) >= 11 is 0. The van der Waals surface area contributed by atoms with Gasteiger partial charge in [0.25, 0.3) is 11.8 Å². The van der Waals surface area contributed by atoms with Crippen molar-refractivity contribution in [2.45, 2.75) is 13.3 Å². The molecule has 34 heavy (non-hydrogen) atoms. The van der Waals surface area contributed by atoms with Crippen molar-refractivity contribution < 1.29 is 14.4 Å². The number of nitrogens with one attached hydrogen (secondary N) is 2. The van der Waals surface area contributed by atoms with Crippen molar-refractivity contribution in [1.29, 1.82) is 0 Å². The van der Waals surface area contributed by atoms with E-state index in [1.165, 1.54) is 0 Å². The number of piperazine rings is 1. The highest BCUT2D eigenvalue weighted by Gasteiger charge is 2.24. The maximum Gasteiger partial charge on any atom is 0.256 e. The Morgan fingerprint density at radius 2 is 1.41 bits per heavy atom. The fourth-order valence-corrected chi connectivity index (χ4v) is 3.90. The Labute approximate surface area is 199 Å². The first kappa shape index (κ1) is 23.0. The van der Waals surface area contributed by atoms with E-state index in [0.29, 0.717) is 42.0 Å². The number of benzene rings is 3. The Morgan fingerprint density at radius 3 is 2.09 bits per heavy atom. The van der Waals surface area contributed by atoms with E-state index in [-0.39, 0.29) is 17.7 Å². The largest absolute Gasteiger partial charge is 0.368 e. The van der Waals surface area contributed by atoms with E-state index in [1.807, 2.05) is 23.1 Å². The lowest BCUT2D eigenvalue weighted by Crippen LogP contribution is -2.48. The lowest BCUT2D eigenvalue weighted by molar-refractivity contribution is -0.115. The predicted molar refractivity (Wildman–Crippen MR) is 134 cm³/mol. The Bertz CT molecular complexity index is 1150. The van der Waals surface area contributed by atoms with Crippen molar-refractivity contribution in [2.24, 2.45) is 0 Å². The van der Waals surface area contributed by atoms with E-state index >= 15 is 0 Å². The Hall–Kier alpha value is -4.13. The molecule has 7 nitrogen and oxygen atoms in total. The normalized spacial score (nSPS) is 13.3. The smallest absolute Gasteiger partial charge is 0.256 e. The molecule has 4 rings (SSSR count). The molecule has 0 saturated carbocycles. The molecule has 2 N–H and O–H groups in total. The van der Waals surface area contributed by atoms with Crippen molar-refractivity contribution in [3.05, 3.63) is 90.0 Å². The van der Waals surface area contributed by atoms with Crippen LogP contribution in [0.15, 0.2) is 78.9 Å². The summed E-state index contributed by atoms with van der Waals surface area (Å²) in [6, 6.07) is 23.9. The summed E-state index contributed by atoms with van der Waals surface area (Å²) < 4.78 is 0. The number of carbonyl (C=O) groups is 3. The average Bonchev–Trinajstić information content (AvgIpc) is 2.89. The minimum atomic E-state index is -0.317. The molecule has 3 amide bonds. The highest BCUT2D eigenvalue weighted by Crippen LogP contribution is 2.21. The first-order valence-electron chi connectivity index (χ1n) is 11.4. The second-order valence-corrected chi connectivity index (χ2v) is 8.09.